The third-order valence-electron chi connectivity index (χ3n) is 3.06. The molecule has 0 aromatic carbocycles. The molecule has 0 unspecified atom stereocenters. The van der Waals surface area contributed by atoms with Gasteiger partial charge in [-0.15, -0.1) is 0 Å². The minimum absolute atomic E-state index is 0.199. The van der Waals surface area contributed by atoms with Gasteiger partial charge in [0.05, 0.1) is 12.2 Å². The monoisotopic (exact) mass is 311 g/mol. The van der Waals surface area contributed by atoms with Crippen LogP contribution >= 0.6 is 15.9 Å². The summed E-state index contributed by atoms with van der Waals surface area (Å²) in [7, 11) is 0. The van der Waals surface area contributed by atoms with Crippen LogP contribution in [0.1, 0.15) is 25.0 Å². The number of pyridine rings is 1. The minimum atomic E-state index is 0.199. The molecule has 1 N–H and O–H groups in total. The third-order valence-corrected chi connectivity index (χ3v) is 3.51. The average Bonchev–Trinajstić information content (AvgIpc) is 2.40. The van der Waals surface area contributed by atoms with E-state index < -0.39 is 0 Å². The van der Waals surface area contributed by atoms with Gasteiger partial charge in [-0.25, -0.2) is 4.98 Å². The van der Waals surface area contributed by atoms with Crippen LogP contribution in [0.25, 0.3) is 0 Å². The van der Waals surface area contributed by atoms with Crippen LogP contribution < -0.4 is 5.32 Å². The molecule has 0 bridgehead atoms. The van der Waals surface area contributed by atoms with Crippen LogP contribution in [-0.4, -0.2) is 35.4 Å². The fourth-order valence-corrected chi connectivity index (χ4v) is 2.48. The number of rotatable bonds is 4. The van der Waals surface area contributed by atoms with Crippen LogP contribution in [-0.2, 0) is 11.3 Å². The number of carbonyl (C=O) groups is 1. The summed E-state index contributed by atoms with van der Waals surface area (Å²) in [6, 6.07) is 5.78. The van der Waals surface area contributed by atoms with E-state index in [1.807, 2.05) is 23.1 Å². The number of amides is 1. The Labute approximate surface area is 116 Å². The van der Waals surface area contributed by atoms with E-state index >= 15 is 0 Å². The van der Waals surface area contributed by atoms with Crippen molar-refractivity contribution in [1.29, 1.82) is 0 Å². The molecule has 1 aliphatic heterocycles. The Morgan fingerprint density at radius 1 is 1.33 bits per heavy atom. The summed E-state index contributed by atoms with van der Waals surface area (Å²) in [4.78, 5) is 18.2. The van der Waals surface area contributed by atoms with Gasteiger partial charge in [-0.3, -0.25) is 4.79 Å². The van der Waals surface area contributed by atoms with E-state index in [4.69, 9.17) is 0 Å². The van der Waals surface area contributed by atoms with Crippen molar-refractivity contribution in [3.8, 4) is 0 Å². The Morgan fingerprint density at radius 3 is 2.83 bits per heavy atom. The van der Waals surface area contributed by atoms with Crippen LogP contribution in [0.4, 0.5) is 0 Å². The van der Waals surface area contributed by atoms with E-state index in [0.717, 1.165) is 36.2 Å². The maximum Gasteiger partial charge on any atom is 0.236 e. The van der Waals surface area contributed by atoms with Crippen molar-refractivity contribution in [1.82, 2.24) is 15.2 Å². The van der Waals surface area contributed by atoms with E-state index in [-0.39, 0.29) is 5.91 Å². The SMILES string of the molecule is O=C(CNCc1cccc(Br)n1)N1CCCCC1. The molecule has 0 radical (unpaired) electrons. The Morgan fingerprint density at radius 2 is 2.11 bits per heavy atom. The number of carbonyl (C=O) groups excluding carboxylic acids is 1. The largest absolute Gasteiger partial charge is 0.342 e. The fraction of sp³-hybridized carbons (Fsp3) is 0.538. The van der Waals surface area contributed by atoms with Gasteiger partial charge in [-0.1, -0.05) is 6.07 Å². The summed E-state index contributed by atoms with van der Waals surface area (Å²) in [5.41, 5.74) is 0.941. The quantitative estimate of drug-likeness (QED) is 0.864. The number of hydrogen-bond donors (Lipinski definition) is 1. The van der Waals surface area contributed by atoms with Gasteiger partial charge >= 0.3 is 0 Å². The zero-order valence-corrected chi connectivity index (χ0v) is 11.9. The van der Waals surface area contributed by atoms with E-state index in [1.54, 1.807) is 0 Å². The smallest absolute Gasteiger partial charge is 0.236 e. The Bertz CT molecular complexity index is 405. The Hall–Kier alpha value is -0.940. The summed E-state index contributed by atoms with van der Waals surface area (Å²) in [6.07, 6.45) is 3.52. The molecule has 1 saturated heterocycles. The summed E-state index contributed by atoms with van der Waals surface area (Å²) < 4.78 is 0.823. The van der Waals surface area contributed by atoms with Crippen LogP contribution in [0.5, 0.6) is 0 Å². The summed E-state index contributed by atoms with van der Waals surface area (Å²) in [5.74, 6) is 0.199. The van der Waals surface area contributed by atoms with Crippen molar-refractivity contribution in [3.63, 3.8) is 0 Å². The first-order valence-electron chi connectivity index (χ1n) is 6.35. The molecule has 1 aromatic rings. The molecule has 1 aliphatic rings. The van der Waals surface area contributed by atoms with Crippen molar-refractivity contribution in [2.45, 2.75) is 25.8 Å². The highest BCUT2D eigenvalue weighted by molar-refractivity contribution is 9.10. The molecule has 4 nitrogen and oxygen atoms in total. The molecule has 5 heteroatoms. The van der Waals surface area contributed by atoms with Crippen molar-refractivity contribution >= 4 is 21.8 Å². The highest BCUT2D eigenvalue weighted by Gasteiger charge is 2.15. The molecular weight excluding hydrogens is 294 g/mol. The molecule has 2 rings (SSSR count). The number of halogens is 1. The molecule has 1 amide bonds. The van der Waals surface area contributed by atoms with Crippen LogP contribution in [0.2, 0.25) is 0 Å². The summed E-state index contributed by atoms with van der Waals surface area (Å²) >= 11 is 3.33. The third kappa shape index (κ3) is 4.07. The molecule has 0 saturated carbocycles. The number of piperidine rings is 1. The highest BCUT2D eigenvalue weighted by Crippen LogP contribution is 2.08. The first-order chi connectivity index (χ1) is 8.75. The lowest BCUT2D eigenvalue weighted by Gasteiger charge is -2.26. The summed E-state index contributed by atoms with van der Waals surface area (Å²) in [5, 5.41) is 3.15. The van der Waals surface area contributed by atoms with Gasteiger partial charge in [0, 0.05) is 19.6 Å². The number of likely N-dealkylation sites (tertiary alicyclic amines) is 1. The number of nitrogens with zero attached hydrogens (tertiary/aromatic N) is 2. The molecule has 1 fully saturated rings. The van der Waals surface area contributed by atoms with Gasteiger partial charge in [-0.05, 0) is 47.3 Å². The normalized spacial score (nSPS) is 15.7. The maximum absolute atomic E-state index is 11.9. The van der Waals surface area contributed by atoms with Crippen molar-refractivity contribution in [2.75, 3.05) is 19.6 Å². The van der Waals surface area contributed by atoms with Crippen LogP contribution in [0.3, 0.4) is 0 Å². The van der Waals surface area contributed by atoms with Crippen LogP contribution in [0.15, 0.2) is 22.8 Å². The predicted molar refractivity (Wildman–Crippen MR) is 74.1 cm³/mol. The lowest BCUT2D eigenvalue weighted by atomic mass is 10.1. The molecular formula is C13H18BrN3O. The van der Waals surface area contributed by atoms with Crippen molar-refractivity contribution in [2.24, 2.45) is 0 Å². The first kappa shape index (κ1) is 13.5. The molecule has 98 valence electrons. The fourth-order valence-electron chi connectivity index (χ4n) is 2.10. The Balaban J connectivity index is 1.73. The second-order valence-corrected chi connectivity index (χ2v) is 5.31. The van der Waals surface area contributed by atoms with E-state index in [0.29, 0.717) is 13.1 Å². The number of nitrogens with one attached hydrogen (secondary N) is 1. The van der Waals surface area contributed by atoms with Gasteiger partial charge in [0.1, 0.15) is 4.60 Å². The van der Waals surface area contributed by atoms with Crippen LogP contribution in [0, 0.1) is 0 Å². The zero-order valence-electron chi connectivity index (χ0n) is 10.4. The molecule has 2 heterocycles. The van der Waals surface area contributed by atoms with Gasteiger partial charge in [0.15, 0.2) is 0 Å². The van der Waals surface area contributed by atoms with E-state index in [2.05, 4.69) is 26.2 Å². The maximum atomic E-state index is 11.9. The number of aromatic nitrogens is 1. The van der Waals surface area contributed by atoms with E-state index in [1.165, 1.54) is 6.42 Å². The second-order valence-electron chi connectivity index (χ2n) is 4.50. The van der Waals surface area contributed by atoms with Crippen molar-refractivity contribution < 1.29 is 4.79 Å². The van der Waals surface area contributed by atoms with E-state index in [9.17, 15) is 4.79 Å². The van der Waals surface area contributed by atoms with Crippen molar-refractivity contribution in [3.05, 3.63) is 28.5 Å². The standard InChI is InChI=1S/C13H18BrN3O/c14-12-6-4-5-11(16-12)9-15-10-13(18)17-7-2-1-3-8-17/h4-6,15H,1-3,7-10H2. The van der Waals surface area contributed by atoms with Gasteiger partial charge < -0.3 is 10.2 Å². The molecule has 1 aromatic heterocycles. The molecule has 18 heavy (non-hydrogen) atoms. The Kier molecular flexibility index (Phi) is 5.13. The molecule has 0 aliphatic carbocycles. The molecule has 0 spiro atoms. The summed E-state index contributed by atoms with van der Waals surface area (Å²) in [6.45, 7) is 2.85. The van der Waals surface area contributed by atoms with Gasteiger partial charge in [0.25, 0.3) is 0 Å². The van der Waals surface area contributed by atoms with Gasteiger partial charge in [-0.2, -0.15) is 0 Å². The second kappa shape index (κ2) is 6.85. The first-order valence-corrected chi connectivity index (χ1v) is 7.15. The predicted octanol–water partition coefficient (Wildman–Crippen LogP) is 1.95. The lowest BCUT2D eigenvalue weighted by Crippen LogP contribution is -2.41. The minimum Gasteiger partial charge on any atom is -0.342 e. The lowest BCUT2D eigenvalue weighted by molar-refractivity contribution is -0.131. The average molecular weight is 312 g/mol. The number of hydrogen-bond acceptors (Lipinski definition) is 3. The topological polar surface area (TPSA) is 45.2 Å². The molecule has 0 atom stereocenters. The zero-order chi connectivity index (χ0) is 12.8. The highest BCUT2D eigenvalue weighted by atomic mass is 79.9. The van der Waals surface area contributed by atoms with Gasteiger partial charge in [0.2, 0.25) is 5.91 Å².